The molecule has 1 aliphatic rings. The third-order valence-electron chi connectivity index (χ3n) is 3.96. The molecule has 0 bridgehead atoms. The molecule has 1 atom stereocenters. The van der Waals surface area contributed by atoms with Gasteiger partial charge in [-0.25, -0.2) is 4.79 Å². The normalized spacial score (nSPS) is 13.0. The quantitative estimate of drug-likeness (QED) is 0.773. The summed E-state index contributed by atoms with van der Waals surface area (Å²) >= 11 is 0. The van der Waals surface area contributed by atoms with E-state index in [2.05, 4.69) is 5.32 Å². The van der Waals surface area contributed by atoms with Crippen LogP contribution >= 0.6 is 0 Å². The van der Waals surface area contributed by atoms with E-state index in [1.54, 1.807) is 56.6 Å². The number of aliphatic hydroxyl groups excluding tert-OH is 1. The zero-order chi connectivity index (χ0) is 19.2. The highest BCUT2D eigenvalue weighted by atomic mass is 16.7. The predicted molar refractivity (Wildman–Crippen MR) is 98.7 cm³/mol. The Morgan fingerprint density at radius 2 is 1.89 bits per heavy atom. The summed E-state index contributed by atoms with van der Waals surface area (Å²) in [6, 6.07) is 11.8. The van der Waals surface area contributed by atoms with Crippen LogP contribution < -0.4 is 24.3 Å². The zero-order valence-electron chi connectivity index (χ0n) is 15.2. The van der Waals surface area contributed by atoms with Gasteiger partial charge in [-0.05, 0) is 36.4 Å². The minimum Gasteiger partial charge on any atom is -0.497 e. The SMILES string of the molecule is COc1ccc(NC(=O)N(C)CC(O)COc2ccc3c(c2)OCO3)cc1. The van der Waals surface area contributed by atoms with Crippen molar-refractivity contribution in [2.75, 3.05) is 39.4 Å². The minimum atomic E-state index is -0.845. The molecule has 0 spiro atoms. The molecular formula is C19H22N2O6. The van der Waals surface area contributed by atoms with Crippen molar-refractivity contribution in [3.63, 3.8) is 0 Å². The van der Waals surface area contributed by atoms with Crippen LogP contribution in [0.1, 0.15) is 0 Å². The molecule has 0 aliphatic carbocycles. The van der Waals surface area contributed by atoms with Crippen molar-refractivity contribution < 1.29 is 28.8 Å². The van der Waals surface area contributed by atoms with Crippen LogP contribution in [0.5, 0.6) is 23.0 Å². The van der Waals surface area contributed by atoms with Crippen LogP contribution in [-0.2, 0) is 0 Å². The summed E-state index contributed by atoms with van der Waals surface area (Å²) in [7, 11) is 3.18. The van der Waals surface area contributed by atoms with Crippen LogP contribution in [0.3, 0.4) is 0 Å². The Balaban J connectivity index is 1.45. The second-order valence-electron chi connectivity index (χ2n) is 6.02. The molecule has 144 valence electrons. The molecule has 27 heavy (non-hydrogen) atoms. The van der Waals surface area contributed by atoms with Crippen molar-refractivity contribution >= 4 is 11.7 Å². The molecule has 0 saturated carbocycles. The van der Waals surface area contributed by atoms with Gasteiger partial charge in [0, 0.05) is 18.8 Å². The molecule has 1 unspecified atom stereocenters. The fourth-order valence-corrected chi connectivity index (χ4v) is 2.50. The van der Waals surface area contributed by atoms with E-state index < -0.39 is 6.10 Å². The van der Waals surface area contributed by atoms with E-state index in [1.807, 2.05) is 0 Å². The first kappa shape index (κ1) is 18.7. The number of rotatable bonds is 7. The molecule has 1 aliphatic heterocycles. The van der Waals surface area contributed by atoms with Crippen LogP contribution in [0.2, 0.25) is 0 Å². The molecule has 8 nitrogen and oxygen atoms in total. The van der Waals surface area contributed by atoms with E-state index in [-0.39, 0.29) is 26.0 Å². The number of hydrogen-bond donors (Lipinski definition) is 2. The van der Waals surface area contributed by atoms with Gasteiger partial charge in [-0.1, -0.05) is 0 Å². The number of benzene rings is 2. The summed E-state index contributed by atoms with van der Waals surface area (Å²) in [5.74, 6) is 2.54. The molecule has 0 aromatic heterocycles. The number of ether oxygens (including phenoxy) is 4. The van der Waals surface area contributed by atoms with E-state index in [0.29, 0.717) is 28.7 Å². The lowest BCUT2D eigenvalue weighted by molar-refractivity contribution is 0.0849. The first-order chi connectivity index (χ1) is 13.0. The number of methoxy groups -OCH3 is 1. The number of hydrogen-bond acceptors (Lipinski definition) is 6. The van der Waals surface area contributed by atoms with Gasteiger partial charge in [0.05, 0.1) is 13.7 Å². The third kappa shape index (κ3) is 4.95. The van der Waals surface area contributed by atoms with Gasteiger partial charge in [-0.2, -0.15) is 0 Å². The van der Waals surface area contributed by atoms with Crippen molar-refractivity contribution in [3.8, 4) is 23.0 Å². The maximum absolute atomic E-state index is 12.2. The fourth-order valence-electron chi connectivity index (χ4n) is 2.50. The van der Waals surface area contributed by atoms with Crippen molar-refractivity contribution in [2.45, 2.75) is 6.10 Å². The van der Waals surface area contributed by atoms with Gasteiger partial charge in [0.25, 0.3) is 0 Å². The van der Waals surface area contributed by atoms with Gasteiger partial charge in [0.1, 0.15) is 24.2 Å². The molecule has 2 aromatic rings. The number of amides is 2. The largest absolute Gasteiger partial charge is 0.497 e. The lowest BCUT2D eigenvalue weighted by atomic mass is 10.3. The Labute approximate surface area is 157 Å². The van der Waals surface area contributed by atoms with E-state index in [1.165, 1.54) is 4.90 Å². The number of likely N-dealkylation sites (N-methyl/N-ethyl adjacent to an activating group) is 1. The van der Waals surface area contributed by atoms with Crippen molar-refractivity contribution in [1.82, 2.24) is 4.90 Å². The van der Waals surface area contributed by atoms with Crippen LogP contribution in [0.4, 0.5) is 10.5 Å². The molecule has 2 amide bonds. The fraction of sp³-hybridized carbons (Fsp3) is 0.316. The van der Waals surface area contributed by atoms with E-state index >= 15 is 0 Å². The van der Waals surface area contributed by atoms with Gasteiger partial charge >= 0.3 is 6.03 Å². The van der Waals surface area contributed by atoms with E-state index in [9.17, 15) is 9.90 Å². The summed E-state index contributed by atoms with van der Waals surface area (Å²) in [6.45, 7) is 0.349. The lowest BCUT2D eigenvalue weighted by Gasteiger charge is -2.21. The summed E-state index contributed by atoms with van der Waals surface area (Å²) in [5, 5.41) is 12.9. The number of anilines is 1. The lowest BCUT2D eigenvalue weighted by Crippen LogP contribution is -2.39. The van der Waals surface area contributed by atoms with E-state index in [4.69, 9.17) is 18.9 Å². The van der Waals surface area contributed by atoms with Gasteiger partial charge in [0.15, 0.2) is 11.5 Å². The first-order valence-electron chi connectivity index (χ1n) is 8.42. The maximum atomic E-state index is 12.2. The highest BCUT2D eigenvalue weighted by Crippen LogP contribution is 2.35. The van der Waals surface area contributed by atoms with Crippen molar-refractivity contribution in [3.05, 3.63) is 42.5 Å². The highest BCUT2D eigenvalue weighted by Gasteiger charge is 2.17. The average molecular weight is 374 g/mol. The maximum Gasteiger partial charge on any atom is 0.321 e. The number of carbonyl (C=O) groups excluding carboxylic acids is 1. The van der Waals surface area contributed by atoms with Crippen LogP contribution in [0, 0.1) is 0 Å². The molecule has 0 saturated heterocycles. The number of nitrogens with zero attached hydrogens (tertiary/aromatic N) is 1. The Morgan fingerprint density at radius 3 is 2.63 bits per heavy atom. The highest BCUT2D eigenvalue weighted by molar-refractivity contribution is 5.89. The third-order valence-corrected chi connectivity index (χ3v) is 3.96. The summed E-state index contributed by atoms with van der Waals surface area (Å²) in [5.41, 5.74) is 0.638. The molecule has 0 radical (unpaired) electrons. The van der Waals surface area contributed by atoms with Crippen LogP contribution in [0.15, 0.2) is 42.5 Å². The molecule has 3 rings (SSSR count). The smallest absolute Gasteiger partial charge is 0.321 e. The number of carbonyl (C=O) groups is 1. The monoisotopic (exact) mass is 374 g/mol. The number of urea groups is 1. The van der Waals surface area contributed by atoms with Gasteiger partial charge in [-0.15, -0.1) is 0 Å². The molecule has 1 heterocycles. The van der Waals surface area contributed by atoms with Crippen LogP contribution in [0.25, 0.3) is 0 Å². The Hall–Kier alpha value is -3.13. The van der Waals surface area contributed by atoms with Crippen molar-refractivity contribution in [2.24, 2.45) is 0 Å². The zero-order valence-corrected chi connectivity index (χ0v) is 15.2. The first-order valence-corrected chi connectivity index (χ1v) is 8.42. The molecule has 8 heteroatoms. The van der Waals surface area contributed by atoms with E-state index in [0.717, 1.165) is 0 Å². The average Bonchev–Trinajstić information content (AvgIpc) is 3.14. The summed E-state index contributed by atoms with van der Waals surface area (Å²) < 4.78 is 21.2. The summed E-state index contributed by atoms with van der Waals surface area (Å²) in [6.07, 6.45) is -0.845. The molecule has 2 aromatic carbocycles. The number of fused-ring (bicyclic) bond motifs is 1. The Bertz CT molecular complexity index is 780. The summed E-state index contributed by atoms with van der Waals surface area (Å²) in [4.78, 5) is 13.6. The Kier molecular flexibility index (Phi) is 5.87. The standard InChI is InChI=1S/C19H22N2O6/c1-21(19(23)20-13-3-5-15(24-2)6-4-13)10-14(22)11-25-16-7-8-17-18(9-16)27-12-26-17/h3-9,14,22H,10-12H2,1-2H3,(H,20,23). The Morgan fingerprint density at radius 1 is 1.19 bits per heavy atom. The number of nitrogens with one attached hydrogen (secondary N) is 1. The second kappa shape index (κ2) is 8.50. The minimum absolute atomic E-state index is 0.0415. The topological polar surface area (TPSA) is 89.5 Å². The van der Waals surface area contributed by atoms with Crippen LogP contribution in [-0.4, -0.2) is 56.2 Å². The van der Waals surface area contributed by atoms with Gasteiger partial charge in [-0.3, -0.25) is 0 Å². The molecule has 2 N–H and O–H groups in total. The second-order valence-corrected chi connectivity index (χ2v) is 6.02. The van der Waals surface area contributed by atoms with Crippen molar-refractivity contribution in [1.29, 1.82) is 0 Å². The van der Waals surface area contributed by atoms with Gasteiger partial charge < -0.3 is 34.3 Å². The predicted octanol–water partition coefficient (Wildman–Crippen LogP) is 2.33. The molecular weight excluding hydrogens is 352 g/mol. The number of aliphatic hydroxyl groups is 1. The van der Waals surface area contributed by atoms with Gasteiger partial charge in [0.2, 0.25) is 6.79 Å². The molecule has 0 fully saturated rings.